The van der Waals surface area contributed by atoms with Crippen molar-refractivity contribution in [1.82, 2.24) is 0 Å². The molecule has 0 amide bonds. The van der Waals surface area contributed by atoms with Gasteiger partial charge < -0.3 is 4.74 Å². The van der Waals surface area contributed by atoms with Crippen LogP contribution < -0.4 is 0 Å². The molecule has 1 aromatic rings. The zero-order valence-electron chi connectivity index (χ0n) is 9.72. The fraction of sp³-hybridized carbons (Fsp3) is 0.417. The van der Waals surface area contributed by atoms with Gasteiger partial charge in [0.25, 0.3) is 0 Å². The quantitative estimate of drug-likeness (QED) is 0.724. The molecule has 0 saturated heterocycles. The molecule has 1 aromatic carbocycles. The lowest BCUT2D eigenvalue weighted by Crippen LogP contribution is -2.13. The largest absolute Gasteiger partial charge is 0.380 e. The van der Waals surface area contributed by atoms with Gasteiger partial charge in [-0.15, -0.1) is 0 Å². The average molecular weight is 253 g/mol. The summed E-state index contributed by atoms with van der Waals surface area (Å²) in [6.45, 7) is 2.71. The molecule has 0 spiro atoms. The second kappa shape index (κ2) is 6.38. The average Bonchev–Trinajstić information content (AvgIpc) is 2.35. The number of hydrogen-bond acceptors (Lipinski definition) is 4. The fourth-order valence-electron chi connectivity index (χ4n) is 1.29. The Balaban J connectivity index is 2.73. The number of rotatable bonds is 6. The molecule has 5 heteroatoms. The van der Waals surface area contributed by atoms with Crippen LogP contribution in [0.15, 0.2) is 29.2 Å². The monoisotopic (exact) mass is 253 g/mol. The zero-order valence-corrected chi connectivity index (χ0v) is 10.5. The Bertz CT molecular complexity index is 503. The molecule has 92 valence electrons. The number of benzene rings is 1. The minimum Gasteiger partial charge on any atom is -0.380 e. The zero-order chi connectivity index (χ0) is 12.7. The van der Waals surface area contributed by atoms with Gasteiger partial charge in [0, 0.05) is 6.61 Å². The van der Waals surface area contributed by atoms with Crippen molar-refractivity contribution in [1.29, 1.82) is 5.26 Å². The third-order valence-corrected chi connectivity index (χ3v) is 3.84. The summed E-state index contributed by atoms with van der Waals surface area (Å²) in [4.78, 5) is 0.177. The maximum atomic E-state index is 11.9. The van der Waals surface area contributed by atoms with E-state index in [1.807, 2.05) is 13.0 Å². The molecule has 0 radical (unpaired) electrons. The molecule has 0 aromatic heterocycles. The van der Waals surface area contributed by atoms with Gasteiger partial charge in [-0.05, 0) is 24.6 Å². The van der Waals surface area contributed by atoms with E-state index in [2.05, 4.69) is 0 Å². The highest BCUT2D eigenvalue weighted by Gasteiger charge is 2.14. The van der Waals surface area contributed by atoms with Crippen molar-refractivity contribution in [3.05, 3.63) is 29.8 Å². The lowest BCUT2D eigenvalue weighted by Gasteiger charge is -2.05. The van der Waals surface area contributed by atoms with Gasteiger partial charge in [0.1, 0.15) is 0 Å². The Kier molecular flexibility index (Phi) is 5.13. The lowest BCUT2D eigenvalue weighted by molar-refractivity contribution is 0.149. The molecule has 1 rings (SSSR count). The van der Waals surface area contributed by atoms with E-state index >= 15 is 0 Å². The van der Waals surface area contributed by atoms with Gasteiger partial charge in [0.15, 0.2) is 9.84 Å². The predicted octanol–water partition coefficient (Wildman–Crippen LogP) is 1.76. The van der Waals surface area contributed by atoms with E-state index in [4.69, 9.17) is 10.00 Å². The van der Waals surface area contributed by atoms with Crippen molar-refractivity contribution in [2.75, 3.05) is 19.0 Å². The van der Waals surface area contributed by atoms with Crippen LogP contribution in [0.2, 0.25) is 0 Å². The van der Waals surface area contributed by atoms with Crippen molar-refractivity contribution in [2.24, 2.45) is 0 Å². The van der Waals surface area contributed by atoms with E-state index in [9.17, 15) is 8.42 Å². The van der Waals surface area contributed by atoms with Crippen molar-refractivity contribution < 1.29 is 13.2 Å². The standard InChI is InChI=1S/C12H15NO3S/c1-2-6-16-7-8-17(14,15)12-5-3-4-11(9-12)10-13/h3-5,9H,2,6-8H2,1H3. The van der Waals surface area contributed by atoms with Crippen LogP contribution in [0.4, 0.5) is 0 Å². The van der Waals surface area contributed by atoms with Gasteiger partial charge in [0.05, 0.1) is 28.9 Å². The lowest BCUT2D eigenvalue weighted by atomic mass is 10.2. The third-order valence-electron chi connectivity index (χ3n) is 2.17. The van der Waals surface area contributed by atoms with E-state index < -0.39 is 9.84 Å². The smallest absolute Gasteiger partial charge is 0.180 e. The fourth-order valence-corrected chi connectivity index (χ4v) is 2.46. The summed E-state index contributed by atoms with van der Waals surface area (Å²) in [6, 6.07) is 7.94. The summed E-state index contributed by atoms with van der Waals surface area (Å²) in [6.07, 6.45) is 0.865. The molecule has 0 aliphatic rings. The Morgan fingerprint density at radius 3 is 2.76 bits per heavy atom. The van der Waals surface area contributed by atoms with Crippen molar-refractivity contribution >= 4 is 9.84 Å². The van der Waals surface area contributed by atoms with Gasteiger partial charge in [0.2, 0.25) is 0 Å². The summed E-state index contributed by atoms with van der Waals surface area (Å²) in [7, 11) is -3.35. The summed E-state index contributed by atoms with van der Waals surface area (Å²) < 4.78 is 28.9. The molecule has 0 unspecified atom stereocenters. The first-order valence-electron chi connectivity index (χ1n) is 5.41. The van der Waals surface area contributed by atoms with Crippen LogP contribution in [0.25, 0.3) is 0 Å². The molecule has 0 aliphatic carbocycles. The molecular weight excluding hydrogens is 238 g/mol. The van der Waals surface area contributed by atoms with Crippen molar-refractivity contribution in [3.8, 4) is 6.07 Å². The first-order valence-corrected chi connectivity index (χ1v) is 7.06. The first kappa shape index (κ1) is 13.7. The minimum absolute atomic E-state index is 0.0537. The second-order valence-corrected chi connectivity index (χ2v) is 5.68. The molecule has 0 aliphatic heterocycles. The van der Waals surface area contributed by atoms with E-state index in [1.165, 1.54) is 12.1 Å². The highest BCUT2D eigenvalue weighted by atomic mass is 32.2. The van der Waals surface area contributed by atoms with Gasteiger partial charge in [-0.25, -0.2) is 8.42 Å². The maximum Gasteiger partial charge on any atom is 0.180 e. The van der Waals surface area contributed by atoms with Crippen LogP contribution >= 0.6 is 0 Å². The topological polar surface area (TPSA) is 67.2 Å². The van der Waals surface area contributed by atoms with Crippen LogP contribution in [0.3, 0.4) is 0 Å². The molecule has 4 nitrogen and oxygen atoms in total. The summed E-state index contributed by atoms with van der Waals surface area (Å²) >= 11 is 0. The van der Waals surface area contributed by atoms with Gasteiger partial charge in [-0.1, -0.05) is 13.0 Å². The molecule has 0 saturated carbocycles. The number of nitrogens with zero attached hydrogens (tertiary/aromatic N) is 1. The maximum absolute atomic E-state index is 11.9. The highest BCUT2D eigenvalue weighted by Crippen LogP contribution is 2.12. The molecule has 17 heavy (non-hydrogen) atoms. The summed E-state index contributed by atoms with van der Waals surface area (Å²) in [5, 5.41) is 8.70. The Morgan fingerprint density at radius 2 is 2.12 bits per heavy atom. The molecule has 0 bridgehead atoms. The third kappa shape index (κ3) is 4.17. The molecule has 0 N–H and O–H groups in total. The molecular formula is C12H15NO3S. The molecule has 0 fully saturated rings. The normalized spacial score (nSPS) is 11.1. The van der Waals surface area contributed by atoms with E-state index in [0.717, 1.165) is 6.42 Å². The Hall–Kier alpha value is -1.38. The number of sulfone groups is 1. The van der Waals surface area contributed by atoms with E-state index in [0.29, 0.717) is 12.2 Å². The van der Waals surface area contributed by atoms with Crippen LogP contribution in [0.5, 0.6) is 0 Å². The van der Waals surface area contributed by atoms with Gasteiger partial charge in [-0.3, -0.25) is 0 Å². The Labute approximate surface area is 102 Å². The van der Waals surface area contributed by atoms with Gasteiger partial charge in [-0.2, -0.15) is 5.26 Å². The van der Waals surface area contributed by atoms with Crippen molar-refractivity contribution in [2.45, 2.75) is 18.2 Å². The van der Waals surface area contributed by atoms with Crippen LogP contribution in [0, 0.1) is 11.3 Å². The summed E-state index contributed by atoms with van der Waals surface area (Å²) in [5.41, 5.74) is 0.348. The summed E-state index contributed by atoms with van der Waals surface area (Å²) in [5.74, 6) is -0.0537. The van der Waals surface area contributed by atoms with E-state index in [-0.39, 0.29) is 17.3 Å². The number of ether oxygens (including phenoxy) is 1. The van der Waals surface area contributed by atoms with Crippen LogP contribution in [0.1, 0.15) is 18.9 Å². The highest BCUT2D eigenvalue weighted by molar-refractivity contribution is 7.91. The molecule has 0 atom stereocenters. The van der Waals surface area contributed by atoms with Crippen LogP contribution in [-0.4, -0.2) is 27.4 Å². The van der Waals surface area contributed by atoms with Gasteiger partial charge >= 0.3 is 0 Å². The predicted molar refractivity (Wildman–Crippen MR) is 64.3 cm³/mol. The number of hydrogen-bond donors (Lipinski definition) is 0. The second-order valence-electron chi connectivity index (χ2n) is 3.57. The minimum atomic E-state index is -3.35. The first-order chi connectivity index (χ1) is 8.10. The number of nitriles is 1. The van der Waals surface area contributed by atoms with E-state index in [1.54, 1.807) is 12.1 Å². The SMILES string of the molecule is CCCOCCS(=O)(=O)c1cccc(C#N)c1. The Morgan fingerprint density at radius 1 is 1.35 bits per heavy atom. The van der Waals surface area contributed by atoms with Crippen molar-refractivity contribution in [3.63, 3.8) is 0 Å². The van der Waals surface area contributed by atoms with Crippen LogP contribution in [-0.2, 0) is 14.6 Å². The molecule has 0 heterocycles.